The van der Waals surface area contributed by atoms with E-state index >= 15 is 0 Å². The molecule has 1 saturated carbocycles. The van der Waals surface area contributed by atoms with E-state index in [0.717, 1.165) is 30.4 Å². The lowest BCUT2D eigenvalue weighted by molar-refractivity contribution is -0.129. The Kier molecular flexibility index (Phi) is 2.83. The first-order valence-electron chi connectivity index (χ1n) is 5.96. The van der Waals surface area contributed by atoms with Gasteiger partial charge in [-0.1, -0.05) is 11.1 Å². The van der Waals surface area contributed by atoms with E-state index in [1.54, 1.807) is 6.08 Å². The quantitative estimate of drug-likeness (QED) is 0.668. The maximum absolute atomic E-state index is 12.2. The van der Waals surface area contributed by atoms with Gasteiger partial charge in [-0.05, 0) is 38.7 Å². The molecule has 1 unspecified atom stereocenters. The zero-order chi connectivity index (χ0) is 11.8. The molecular weight excluding hydrogens is 200 g/mol. The van der Waals surface area contributed by atoms with Gasteiger partial charge in [0.25, 0.3) is 0 Å². The van der Waals surface area contributed by atoms with Crippen molar-refractivity contribution in [3.63, 3.8) is 0 Å². The van der Waals surface area contributed by atoms with Crippen LogP contribution in [0.5, 0.6) is 0 Å². The number of Topliss-reactive ketones (excluding diaryl/α,β-unsaturated/α-hetero) is 1. The topological polar surface area (TPSA) is 34.1 Å². The monoisotopic (exact) mass is 218 g/mol. The van der Waals surface area contributed by atoms with Crippen molar-refractivity contribution in [2.24, 2.45) is 5.41 Å². The maximum atomic E-state index is 12.2. The molecule has 0 amide bonds. The summed E-state index contributed by atoms with van der Waals surface area (Å²) in [5.41, 5.74) is 1.75. The third-order valence-corrected chi connectivity index (χ3v) is 3.74. The predicted molar refractivity (Wildman–Crippen MR) is 63.0 cm³/mol. The molecule has 0 heterocycles. The van der Waals surface area contributed by atoms with E-state index in [9.17, 15) is 9.59 Å². The van der Waals surface area contributed by atoms with E-state index in [4.69, 9.17) is 0 Å². The van der Waals surface area contributed by atoms with Gasteiger partial charge in [-0.15, -0.1) is 6.58 Å². The average Bonchev–Trinajstić information content (AvgIpc) is 2.20. The Morgan fingerprint density at radius 1 is 1.38 bits per heavy atom. The highest BCUT2D eigenvalue weighted by molar-refractivity contribution is 5.98. The van der Waals surface area contributed by atoms with Gasteiger partial charge in [-0.3, -0.25) is 9.59 Å². The number of carbonyl (C=O) groups excluding carboxylic acids is 2. The molecule has 16 heavy (non-hydrogen) atoms. The van der Waals surface area contributed by atoms with Crippen molar-refractivity contribution in [1.29, 1.82) is 0 Å². The average molecular weight is 218 g/mol. The Morgan fingerprint density at radius 2 is 2.12 bits per heavy atom. The summed E-state index contributed by atoms with van der Waals surface area (Å²) in [6, 6.07) is 0. The molecular formula is C14H18O2. The molecule has 0 spiro atoms. The van der Waals surface area contributed by atoms with Crippen LogP contribution < -0.4 is 0 Å². The molecule has 0 radical (unpaired) electrons. The minimum atomic E-state index is -0.363. The molecule has 0 aliphatic heterocycles. The summed E-state index contributed by atoms with van der Waals surface area (Å²) >= 11 is 0. The molecule has 1 atom stereocenters. The summed E-state index contributed by atoms with van der Waals surface area (Å²) in [6.07, 6.45) is 6.14. The van der Waals surface area contributed by atoms with E-state index in [1.165, 1.54) is 0 Å². The van der Waals surface area contributed by atoms with E-state index < -0.39 is 0 Å². The molecule has 0 N–H and O–H groups in total. The molecule has 2 rings (SSSR count). The number of hydrogen-bond acceptors (Lipinski definition) is 2. The molecule has 2 aliphatic rings. The molecule has 0 bridgehead atoms. The van der Waals surface area contributed by atoms with Crippen LogP contribution in [0.15, 0.2) is 23.8 Å². The third kappa shape index (κ3) is 1.77. The molecule has 0 aromatic heterocycles. The number of ketones is 2. The first-order valence-corrected chi connectivity index (χ1v) is 5.96. The van der Waals surface area contributed by atoms with Gasteiger partial charge in [0.2, 0.25) is 0 Å². The van der Waals surface area contributed by atoms with Crippen LogP contribution in [0.2, 0.25) is 0 Å². The van der Waals surface area contributed by atoms with E-state index in [1.807, 2.05) is 6.92 Å². The number of carbonyl (C=O) groups is 2. The van der Waals surface area contributed by atoms with Crippen molar-refractivity contribution >= 4 is 11.6 Å². The molecule has 0 aromatic carbocycles. The van der Waals surface area contributed by atoms with Crippen molar-refractivity contribution in [3.05, 3.63) is 23.8 Å². The van der Waals surface area contributed by atoms with Crippen molar-refractivity contribution in [3.8, 4) is 0 Å². The summed E-state index contributed by atoms with van der Waals surface area (Å²) in [4.78, 5) is 23.6. The fraction of sp³-hybridized carbons (Fsp3) is 0.571. The Labute approximate surface area is 96.4 Å². The largest absolute Gasteiger partial charge is 0.299 e. The van der Waals surface area contributed by atoms with Gasteiger partial charge in [-0.25, -0.2) is 0 Å². The van der Waals surface area contributed by atoms with Gasteiger partial charge in [0.15, 0.2) is 5.78 Å². The second kappa shape index (κ2) is 4.00. The number of fused-ring (bicyclic) bond motifs is 1. The van der Waals surface area contributed by atoms with Crippen molar-refractivity contribution in [1.82, 2.24) is 0 Å². The van der Waals surface area contributed by atoms with Crippen LogP contribution in [-0.2, 0) is 9.59 Å². The second-order valence-corrected chi connectivity index (χ2v) is 5.13. The van der Waals surface area contributed by atoms with Gasteiger partial charge in [0.1, 0.15) is 5.78 Å². The number of allylic oxidation sites excluding steroid dienone is 3. The van der Waals surface area contributed by atoms with Gasteiger partial charge in [0.05, 0.1) is 5.41 Å². The maximum Gasteiger partial charge on any atom is 0.155 e. The Morgan fingerprint density at radius 3 is 2.81 bits per heavy atom. The standard InChI is InChI=1S/C14H18O2/c1-10(2)9-14-7-6-12(15)8-11(14)4-3-5-13(14)16/h8H,1,3-7,9H2,2H3. The number of hydrogen-bond donors (Lipinski definition) is 0. The summed E-state index contributed by atoms with van der Waals surface area (Å²) < 4.78 is 0. The van der Waals surface area contributed by atoms with Crippen LogP contribution in [0, 0.1) is 5.41 Å². The predicted octanol–water partition coefficient (Wildman–Crippen LogP) is 2.98. The normalized spacial score (nSPS) is 29.7. The van der Waals surface area contributed by atoms with Crippen LogP contribution in [0.1, 0.15) is 45.4 Å². The molecule has 2 nitrogen and oxygen atoms in total. The van der Waals surface area contributed by atoms with E-state index in [0.29, 0.717) is 25.0 Å². The highest BCUT2D eigenvalue weighted by atomic mass is 16.1. The minimum Gasteiger partial charge on any atom is -0.299 e. The van der Waals surface area contributed by atoms with Crippen LogP contribution in [0.3, 0.4) is 0 Å². The summed E-state index contributed by atoms with van der Waals surface area (Å²) in [5.74, 6) is 0.502. The lowest BCUT2D eigenvalue weighted by Crippen LogP contribution is -2.39. The van der Waals surface area contributed by atoms with Gasteiger partial charge >= 0.3 is 0 Å². The van der Waals surface area contributed by atoms with Gasteiger partial charge in [0, 0.05) is 12.8 Å². The number of rotatable bonds is 2. The fourth-order valence-electron chi connectivity index (χ4n) is 3.03. The lowest BCUT2D eigenvalue weighted by atomic mass is 9.61. The molecule has 2 heteroatoms. The first kappa shape index (κ1) is 11.3. The Bertz CT molecular complexity index is 390. The highest BCUT2D eigenvalue weighted by Crippen LogP contribution is 2.48. The Balaban J connectivity index is 2.41. The molecule has 0 aromatic rings. The lowest BCUT2D eigenvalue weighted by Gasteiger charge is -2.40. The summed E-state index contributed by atoms with van der Waals surface area (Å²) in [5, 5.41) is 0. The second-order valence-electron chi connectivity index (χ2n) is 5.13. The van der Waals surface area contributed by atoms with E-state index in [2.05, 4.69) is 6.58 Å². The molecule has 0 saturated heterocycles. The zero-order valence-corrected chi connectivity index (χ0v) is 9.84. The van der Waals surface area contributed by atoms with Crippen molar-refractivity contribution in [2.75, 3.05) is 0 Å². The summed E-state index contributed by atoms with van der Waals surface area (Å²) in [6.45, 7) is 5.89. The molecule has 1 fully saturated rings. The van der Waals surface area contributed by atoms with Crippen molar-refractivity contribution < 1.29 is 9.59 Å². The fourth-order valence-corrected chi connectivity index (χ4v) is 3.03. The third-order valence-electron chi connectivity index (χ3n) is 3.74. The highest BCUT2D eigenvalue weighted by Gasteiger charge is 2.45. The smallest absolute Gasteiger partial charge is 0.155 e. The van der Waals surface area contributed by atoms with Crippen LogP contribution in [0.4, 0.5) is 0 Å². The minimum absolute atomic E-state index is 0.182. The van der Waals surface area contributed by atoms with Gasteiger partial charge < -0.3 is 0 Å². The Hall–Kier alpha value is -1.18. The van der Waals surface area contributed by atoms with Crippen LogP contribution in [0.25, 0.3) is 0 Å². The van der Waals surface area contributed by atoms with E-state index in [-0.39, 0.29) is 11.2 Å². The summed E-state index contributed by atoms with van der Waals surface area (Å²) in [7, 11) is 0. The van der Waals surface area contributed by atoms with Crippen LogP contribution in [-0.4, -0.2) is 11.6 Å². The van der Waals surface area contributed by atoms with Crippen molar-refractivity contribution in [2.45, 2.75) is 45.4 Å². The zero-order valence-electron chi connectivity index (χ0n) is 9.84. The van der Waals surface area contributed by atoms with Crippen LogP contribution >= 0.6 is 0 Å². The SMILES string of the molecule is C=C(C)CC12CCC(=O)C=C1CCCC2=O. The first-order chi connectivity index (χ1) is 7.54. The molecule has 86 valence electrons. The molecule has 2 aliphatic carbocycles. The van der Waals surface area contributed by atoms with Gasteiger partial charge in [-0.2, -0.15) is 0 Å².